The van der Waals surface area contributed by atoms with E-state index in [0.29, 0.717) is 10.8 Å². The van der Waals surface area contributed by atoms with Crippen LogP contribution < -0.4 is 0 Å². The van der Waals surface area contributed by atoms with Gasteiger partial charge in [0.05, 0.1) is 11.9 Å². The van der Waals surface area contributed by atoms with Crippen molar-refractivity contribution >= 4 is 40.3 Å². The summed E-state index contributed by atoms with van der Waals surface area (Å²) in [5.41, 5.74) is 0.587. The zero-order chi connectivity index (χ0) is 11.5. The van der Waals surface area contributed by atoms with E-state index in [9.17, 15) is 0 Å². The highest BCUT2D eigenvalue weighted by Gasteiger charge is 2.05. The Morgan fingerprint density at radius 1 is 1.50 bits per heavy atom. The van der Waals surface area contributed by atoms with Gasteiger partial charge in [0, 0.05) is 17.0 Å². The minimum atomic E-state index is 0.438. The normalized spacial score (nSPS) is 11.4. The molecule has 2 aromatic rings. The van der Waals surface area contributed by atoms with Gasteiger partial charge in [-0.05, 0) is 18.4 Å². The highest BCUT2D eigenvalue weighted by Crippen LogP contribution is 2.26. The number of hydrogen-bond acceptors (Lipinski definition) is 5. The van der Waals surface area contributed by atoms with Crippen molar-refractivity contribution in [2.75, 3.05) is 6.26 Å². The van der Waals surface area contributed by atoms with Gasteiger partial charge in [-0.2, -0.15) is 0 Å². The highest BCUT2D eigenvalue weighted by molar-refractivity contribution is 7.98. The van der Waals surface area contributed by atoms with E-state index in [-0.39, 0.29) is 0 Å². The lowest BCUT2D eigenvalue weighted by atomic mass is 10.2. The topological polar surface area (TPSA) is 58.4 Å². The van der Waals surface area contributed by atoms with E-state index in [2.05, 4.69) is 15.1 Å². The molecule has 16 heavy (non-hydrogen) atoms. The average Bonchev–Trinajstić information content (AvgIpc) is 2.29. The van der Waals surface area contributed by atoms with Gasteiger partial charge in [0.1, 0.15) is 10.2 Å². The van der Waals surface area contributed by atoms with Crippen LogP contribution in [-0.2, 0) is 0 Å². The summed E-state index contributed by atoms with van der Waals surface area (Å²) in [6.07, 6.45) is 4.89. The Bertz CT molecular complexity index is 559. The van der Waals surface area contributed by atoms with E-state index in [4.69, 9.17) is 16.8 Å². The van der Waals surface area contributed by atoms with Crippen molar-refractivity contribution in [2.45, 2.75) is 5.03 Å². The Morgan fingerprint density at radius 3 is 3.00 bits per heavy atom. The largest absolute Gasteiger partial charge is 0.411 e. The summed E-state index contributed by atoms with van der Waals surface area (Å²) in [5.74, 6) is 0. The summed E-state index contributed by atoms with van der Waals surface area (Å²) in [5, 5.41) is 14.6. The SMILES string of the molecule is CSc1nc(/C=N/O)cc2cnc(Cl)cc12. The van der Waals surface area contributed by atoms with Crippen molar-refractivity contribution in [1.29, 1.82) is 0 Å². The van der Waals surface area contributed by atoms with Gasteiger partial charge in [0.25, 0.3) is 0 Å². The van der Waals surface area contributed by atoms with Crippen LogP contribution in [0.25, 0.3) is 10.8 Å². The molecule has 0 saturated carbocycles. The fourth-order valence-electron chi connectivity index (χ4n) is 1.39. The molecule has 2 heterocycles. The molecule has 0 spiro atoms. The molecular formula is C10H8ClN3OS. The third kappa shape index (κ3) is 2.10. The highest BCUT2D eigenvalue weighted by atomic mass is 35.5. The Morgan fingerprint density at radius 2 is 2.31 bits per heavy atom. The van der Waals surface area contributed by atoms with Gasteiger partial charge in [-0.1, -0.05) is 16.8 Å². The van der Waals surface area contributed by atoms with Crippen molar-refractivity contribution in [3.63, 3.8) is 0 Å². The number of oxime groups is 1. The lowest BCUT2D eigenvalue weighted by molar-refractivity contribution is 0.321. The van der Waals surface area contributed by atoms with Crippen LogP contribution in [0.4, 0.5) is 0 Å². The van der Waals surface area contributed by atoms with E-state index in [1.54, 1.807) is 18.3 Å². The second-order valence-electron chi connectivity index (χ2n) is 3.03. The number of thioether (sulfide) groups is 1. The molecule has 4 nitrogen and oxygen atoms in total. The maximum absolute atomic E-state index is 8.49. The zero-order valence-corrected chi connectivity index (χ0v) is 9.96. The first-order valence-corrected chi connectivity index (χ1v) is 6.02. The number of fused-ring (bicyclic) bond motifs is 1. The number of rotatable bonds is 2. The fraction of sp³-hybridized carbons (Fsp3) is 0.100. The van der Waals surface area contributed by atoms with Crippen molar-refractivity contribution in [2.24, 2.45) is 5.16 Å². The summed E-state index contributed by atoms with van der Waals surface area (Å²) in [4.78, 5) is 8.32. The molecule has 2 aromatic heterocycles. The monoisotopic (exact) mass is 253 g/mol. The summed E-state index contributed by atoms with van der Waals surface area (Å²) in [6.45, 7) is 0. The minimum absolute atomic E-state index is 0.438. The second-order valence-corrected chi connectivity index (χ2v) is 4.21. The smallest absolute Gasteiger partial charge is 0.129 e. The predicted molar refractivity (Wildman–Crippen MR) is 65.7 cm³/mol. The van der Waals surface area contributed by atoms with Gasteiger partial charge in [-0.3, -0.25) is 0 Å². The first kappa shape index (κ1) is 11.2. The van der Waals surface area contributed by atoms with Crippen molar-refractivity contribution in [3.8, 4) is 0 Å². The molecule has 0 radical (unpaired) electrons. The van der Waals surface area contributed by atoms with Crippen molar-refractivity contribution in [3.05, 3.63) is 29.2 Å². The molecule has 0 aromatic carbocycles. The zero-order valence-electron chi connectivity index (χ0n) is 8.38. The molecule has 6 heteroatoms. The Balaban J connectivity index is 2.73. The van der Waals surface area contributed by atoms with Crippen LogP contribution in [0.3, 0.4) is 0 Å². The molecule has 0 aliphatic rings. The Labute approximate surface area is 101 Å². The van der Waals surface area contributed by atoms with Gasteiger partial charge in [-0.25, -0.2) is 9.97 Å². The van der Waals surface area contributed by atoms with Crippen LogP contribution in [0, 0.1) is 0 Å². The first-order chi connectivity index (χ1) is 7.74. The lowest BCUT2D eigenvalue weighted by Gasteiger charge is -2.04. The van der Waals surface area contributed by atoms with E-state index >= 15 is 0 Å². The minimum Gasteiger partial charge on any atom is -0.411 e. The van der Waals surface area contributed by atoms with Crippen LogP contribution >= 0.6 is 23.4 Å². The van der Waals surface area contributed by atoms with Gasteiger partial charge in [0.2, 0.25) is 0 Å². The number of nitrogens with zero attached hydrogens (tertiary/aromatic N) is 3. The van der Waals surface area contributed by atoms with E-state index < -0.39 is 0 Å². The summed E-state index contributed by atoms with van der Waals surface area (Å²) in [6, 6.07) is 3.56. The van der Waals surface area contributed by atoms with Crippen LogP contribution in [0.5, 0.6) is 0 Å². The fourth-order valence-corrected chi connectivity index (χ4v) is 2.14. The number of aromatic nitrogens is 2. The van der Waals surface area contributed by atoms with Crippen molar-refractivity contribution in [1.82, 2.24) is 9.97 Å². The Hall–Kier alpha value is -1.33. The molecule has 0 atom stereocenters. The average molecular weight is 254 g/mol. The van der Waals surface area contributed by atoms with Gasteiger partial charge >= 0.3 is 0 Å². The molecule has 0 saturated heterocycles. The third-order valence-electron chi connectivity index (χ3n) is 2.05. The van der Waals surface area contributed by atoms with Crippen LogP contribution in [0.2, 0.25) is 5.15 Å². The van der Waals surface area contributed by atoms with Gasteiger partial charge in [-0.15, -0.1) is 11.8 Å². The maximum Gasteiger partial charge on any atom is 0.129 e. The molecule has 1 N–H and O–H groups in total. The number of pyridine rings is 2. The quantitative estimate of drug-likeness (QED) is 0.294. The molecule has 2 rings (SSSR count). The molecular weight excluding hydrogens is 246 g/mol. The third-order valence-corrected chi connectivity index (χ3v) is 2.95. The van der Waals surface area contributed by atoms with E-state index in [0.717, 1.165) is 15.8 Å². The summed E-state index contributed by atoms with van der Waals surface area (Å²) in [7, 11) is 0. The molecule has 0 fully saturated rings. The standard InChI is InChI=1S/C10H8ClN3OS/c1-16-10-8-3-9(11)12-4-6(8)2-7(14-10)5-13-15/h2-5,15H,1H3/b13-5+. The molecule has 0 aliphatic carbocycles. The Kier molecular flexibility index (Phi) is 3.26. The predicted octanol–water partition coefficient (Wildman–Crippen LogP) is 2.81. The molecule has 82 valence electrons. The van der Waals surface area contributed by atoms with Crippen LogP contribution in [0.15, 0.2) is 28.5 Å². The maximum atomic E-state index is 8.49. The van der Waals surface area contributed by atoms with Crippen LogP contribution in [-0.4, -0.2) is 27.6 Å². The number of hydrogen-bond donors (Lipinski definition) is 1. The van der Waals surface area contributed by atoms with Crippen LogP contribution in [0.1, 0.15) is 5.69 Å². The lowest BCUT2D eigenvalue weighted by Crippen LogP contribution is -1.92. The van der Waals surface area contributed by atoms with E-state index in [1.807, 2.05) is 6.26 Å². The molecule has 0 unspecified atom stereocenters. The van der Waals surface area contributed by atoms with Gasteiger partial charge in [0.15, 0.2) is 0 Å². The van der Waals surface area contributed by atoms with Crippen molar-refractivity contribution < 1.29 is 5.21 Å². The van der Waals surface area contributed by atoms with E-state index in [1.165, 1.54) is 18.0 Å². The second kappa shape index (κ2) is 4.67. The molecule has 0 amide bonds. The number of halogens is 1. The summed E-state index contributed by atoms with van der Waals surface area (Å²) < 4.78 is 0. The summed E-state index contributed by atoms with van der Waals surface area (Å²) >= 11 is 7.34. The first-order valence-electron chi connectivity index (χ1n) is 4.42. The molecule has 0 bridgehead atoms. The molecule has 0 aliphatic heterocycles. The van der Waals surface area contributed by atoms with Gasteiger partial charge < -0.3 is 5.21 Å².